The highest BCUT2D eigenvalue weighted by atomic mass is 32.2. The standard InChI is InChI=1S/C11H21N3O4S2/c1-11(2,3)13-10(16)8-5-19-7-14(8)9(15)6-20(17,18)12-4/h8,12H,5-7H2,1-4H3,(H,13,16). The Bertz CT molecular complexity index is 484. The lowest BCUT2D eigenvalue weighted by Crippen LogP contribution is -2.53. The van der Waals surface area contributed by atoms with Crippen LogP contribution in [-0.2, 0) is 19.6 Å². The number of amides is 2. The molecule has 0 aromatic heterocycles. The molecule has 1 atom stereocenters. The first-order valence-corrected chi connectivity index (χ1v) is 8.97. The molecular weight excluding hydrogens is 302 g/mol. The number of hydrogen-bond acceptors (Lipinski definition) is 5. The number of carbonyl (C=O) groups is 2. The van der Waals surface area contributed by atoms with Crippen LogP contribution in [0.1, 0.15) is 20.8 Å². The van der Waals surface area contributed by atoms with Crippen molar-refractivity contribution in [1.82, 2.24) is 14.9 Å². The molecule has 1 heterocycles. The first-order valence-electron chi connectivity index (χ1n) is 6.16. The number of sulfonamides is 1. The minimum Gasteiger partial charge on any atom is -0.350 e. The average molecular weight is 323 g/mol. The molecule has 1 rings (SSSR count). The highest BCUT2D eigenvalue weighted by Gasteiger charge is 2.37. The largest absolute Gasteiger partial charge is 0.350 e. The minimum atomic E-state index is -3.62. The van der Waals surface area contributed by atoms with Crippen LogP contribution in [-0.4, -0.2) is 61.1 Å². The van der Waals surface area contributed by atoms with Gasteiger partial charge in [-0.2, -0.15) is 0 Å². The molecule has 9 heteroatoms. The number of nitrogens with one attached hydrogen (secondary N) is 2. The van der Waals surface area contributed by atoms with Gasteiger partial charge in [0.05, 0.1) is 5.88 Å². The van der Waals surface area contributed by atoms with E-state index in [0.29, 0.717) is 11.6 Å². The van der Waals surface area contributed by atoms with Crippen molar-refractivity contribution >= 4 is 33.6 Å². The van der Waals surface area contributed by atoms with Gasteiger partial charge < -0.3 is 10.2 Å². The van der Waals surface area contributed by atoms with E-state index in [0.717, 1.165) is 0 Å². The van der Waals surface area contributed by atoms with Crippen molar-refractivity contribution in [3.05, 3.63) is 0 Å². The zero-order valence-electron chi connectivity index (χ0n) is 12.1. The van der Waals surface area contributed by atoms with E-state index < -0.39 is 33.3 Å². The first kappa shape index (κ1) is 17.3. The molecular formula is C11H21N3O4S2. The van der Waals surface area contributed by atoms with Crippen molar-refractivity contribution in [1.29, 1.82) is 0 Å². The summed E-state index contributed by atoms with van der Waals surface area (Å²) in [7, 11) is -2.37. The summed E-state index contributed by atoms with van der Waals surface area (Å²) < 4.78 is 24.9. The number of thioether (sulfide) groups is 1. The summed E-state index contributed by atoms with van der Waals surface area (Å²) in [6, 6.07) is -0.612. The molecule has 0 saturated carbocycles. The van der Waals surface area contributed by atoms with E-state index in [1.54, 1.807) is 0 Å². The summed E-state index contributed by atoms with van der Waals surface area (Å²) in [6.07, 6.45) is 0. The molecule has 7 nitrogen and oxygen atoms in total. The minimum absolute atomic E-state index is 0.252. The van der Waals surface area contributed by atoms with Crippen LogP contribution in [0.15, 0.2) is 0 Å². The molecule has 0 aliphatic carbocycles. The molecule has 1 saturated heterocycles. The zero-order chi connectivity index (χ0) is 15.6. The summed E-state index contributed by atoms with van der Waals surface area (Å²) in [6.45, 7) is 5.56. The Morgan fingerprint density at radius 1 is 1.35 bits per heavy atom. The van der Waals surface area contributed by atoms with E-state index in [1.807, 2.05) is 20.8 Å². The van der Waals surface area contributed by atoms with Gasteiger partial charge in [-0.3, -0.25) is 9.59 Å². The second-order valence-corrected chi connectivity index (χ2v) is 8.51. The Hall–Kier alpha value is -0.800. The highest BCUT2D eigenvalue weighted by Crippen LogP contribution is 2.22. The van der Waals surface area contributed by atoms with Crippen LogP contribution in [0.3, 0.4) is 0 Å². The monoisotopic (exact) mass is 323 g/mol. The Morgan fingerprint density at radius 2 is 1.95 bits per heavy atom. The molecule has 20 heavy (non-hydrogen) atoms. The molecule has 0 aromatic rings. The van der Waals surface area contributed by atoms with E-state index >= 15 is 0 Å². The number of nitrogens with zero attached hydrogens (tertiary/aromatic N) is 1. The molecule has 0 bridgehead atoms. The third kappa shape index (κ3) is 4.95. The molecule has 1 fully saturated rings. The smallest absolute Gasteiger partial charge is 0.244 e. The van der Waals surface area contributed by atoms with Gasteiger partial charge in [-0.15, -0.1) is 11.8 Å². The molecule has 1 aliphatic rings. The molecule has 2 amide bonds. The Labute approximate surface area is 123 Å². The van der Waals surface area contributed by atoms with Gasteiger partial charge >= 0.3 is 0 Å². The Balaban J connectivity index is 2.75. The van der Waals surface area contributed by atoms with Crippen molar-refractivity contribution in [3.63, 3.8) is 0 Å². The predicted molar refractivity (Wildman–Crippen MR) is 78.7 cm³/mol. The summed E-state index contributed by atoms with van der Waals surface area (Å²) in [5.41, 5.74) is -0.393. The van der Waals surface area contributed by atoms with Crippen LogP contribution in [0, 0.1) is 0 Å². The lowest BCUT2D eigenvalue weighted by molar-refractivity contribution is -0.136. The van der Waals surface area contributed by atoms with Gasteiger partial charge in [0.25, 0.3) is 0 Å². The molecule has 0 spiro atoms. The second kappa shape index (κ2) is 6.31. The predicted octanol–water partition coefficient (Wildman–Crippen LogP) is -0.648. The van der Waals surface area contributed by atoms with E-state index in [-0.39, 0.29) is 5.91 Å². The summed E-state index contributed by atoms with van der Waals surface area (Å²) in [5.74, 6) is -0.632. The van der Waals surface area contributed by atoms with E-state index in [1.165, 1.54) is 23.7 Å². The SMILES string of the molecule is CNS(=O)(=O)CC(=O)N1CSCC1C(=O)NC(C)(C)C. The lowest BCUT2D eigenvalue weighted by atomic mass is 10.1. The normalized spacial score (nSPS) is 20.0. The van der Waals surface area contributed by atoms with Crippen LogP contribution in [0.25, 0.3) is 0 Å². The van der Waals surface area contributed by atoms with Gasteiger partial charge in [0.2, 0.25) is 21.8 Å². The van der Waals surface area contributed by atoms with Crippen LogP contribution in [0.5, 0.6) is 0 Å². The topological polar surface area (TPSA) is 95.6 Å². The van der Waals surface area contributed by atoms with Gasteiger partial charge in [-0.25, -0.2) is 13.1 Å². The maximum absolute atomic E-state index is 12.1. The molecule has 0 radical (unpaired) electrons. The van der Waals surface area contributed by atoms with E-state index in [9.17, 15) is 18.0 Å². The number of hydrogen-bond donors (Lipinski definition) is 2. The number of rotatable bonds is 4. The lowest BCUT2D eigenvalue weighted by Gasteiger charge is -2.27. The van der Waals surface area contributed by atoms with Gasteiger partial charge in [-0.1, -0.05) is 0 Å². The van der Waals surface area contributed by atoms with Gasteiger partial charge in [0, 0.05) is 11.3 Å². The van der Waals surface area contributed by atoms with Crippen LogP contribution < -0.4 is 10.0 Å². The zero-order valence-corrected chi connectivity index (χ0v) is 13.7. The van der Waals surface area contributed by atoms with Crippen molar-refractivity contribution in [3.8, 4) is 0 Å². The van der Waals surface area contributed by atoms with Gasteiger partial charge in [0.1, 0.15) is 11.8 Å². The fourth-order valence-corrected chi connectivity index (χ4v) is 3.49. The fourth-order valence-electron chi connectivity index (χ4n) is 1.68. The first-order chi connectivity index (χ1) is 9.06. The van der Waals surface area contributed by atoms with E-state index in [4.69, 9.17) is 0 Å². The maximum Gasteiger partial charge on any atom is 0.244 e. The van der Waals surface area contributed by atoms with Crippen molar-refractivity contribution in [2.75, 3.05) is 24.4 Å². The van der Waals surface area contributed by atoms with Crippen LogP contribution in [0.2, 0.25) is 0 Å². The second-order valence-electron chi connectivity index (χ2n) is 5.58. The average Bonchev–Trinajstić information content (AvgIpc) is 2.75. The highest BCUT2D eigenvalue weighted by molar-refractivity contribution is 7.99. The Kier molecular flexibility index (Phi) is 5.45. The van der Waals surface area contributed by atoms with Crippen LogP contribution in [0.4, 0.5) is 0 Å². The molecule has 1 aliphatic heterocycles. The van der Waals surface area contributed by atoms with Crippen LogP contribution >= 0.6 is 11.8 Å². The fraction of sp³-hybridized carbons (Fsp3) is 0.818. The summed E-state index contributed by atoms with van der Waals surface area (Å²) in [4.78, 5) is 25.5. The van der Waals surface area contributed by atoms with E-state index in [2.05, 4.69) is 10.0 Å². The van der Waals surface area contributed by atoms with Gasteiger partial charge in [-0.05, 0) is 27.8 Å². The quantitative estimate of drug-likeness (QED) is 0.717. The van der Waals surface area contributed by atoms with Crippen molar-refractivity contribution in [2.24, 2.45) is 0 Å². The summed E-state index contributed by atoms with van der Waals surface area (Å²) in [5, 5.41) is 2.81. The molecule has 2 N–H and O–H groups in total. The van der Waals surface area contributed by atoms with Crippen molar-refractivity contribution in [2.45, 2.75) is 32.4 Å². The molecule has 1 unspecified atom stereocenters. The van der Waals surface area contributed by atoms with Gasteiger partial charge in [0.15, 0.2) is 0 Å². The number of carbonyl (C=O) groups excluding carboxylic acids is 2. The third-order valence-electron chi connectivity index (χ3n) is 2.63. The van der Waals surface area contributed by atoms with Crippen molar-refractivity contribution < 1.29 is 18.0 Å². The maximum atomic E-state index is 12.1. The molecule has 116 valence electrons. The Morgan fingerprint density at radius 3 is 2.45 bits per heavy atom. The summed E-state index contributed by atoms with van der Waals surface area (Å²) >= 11 is 1.44. The third-order valence-corrected chi connectivity index (χ3v) is 4.89. The molecule has 0 aromatic carbocycles.